The van der Waals surface area contributed by atoms with Gasteiger partial charge in [0.15, 0.2) is 0 Å². The van der Waals surface area contributed by atoms with Gasteiger partial charge < -0.3 is 4.90 Å². The number of Topliss-reactive ketones (excluding diaryl/α,β-unsaturated/α-hetero) is 1. The molecule has 1 aromatic rings. The Bertz CT molecular complexity index is 844. The van der Waals surface area contributed by atoms with Crippen LogP contribution in [0.1, 0.15) is 33.1 Å². The number of carbonyl (C=O) groups is 1. The second-order valence-corrected chi connectivity index (χ2v) is 10.8. The van der Waals surface area contributed by atoms with E-state index in [9.17, 15) is 17.6 Å². The highest BCUT2D eigenvalue weighted by Gasteiger charge is 2.65. The Balaban J connectivity index is 1.46. The predicted molar refractivity (Wildman–Crippen MR) is 103 cm³/mol. The fourth-order valence-electron chi connectivity index (χ4n) is 5.39. The molecule has 3 aliphatic rings. The number of ketones is 1. The van der Waals surface area contributed by atoms with E-state index in [0.717, 1.165) is 12.1 Å². The molecule has 0 unspecified atom stereocenters. The summed E-state index contributed by atoms with van der Waals surface area (Å²) >= 11 is 0. The van der Waals surface area contributed by atoms with E-state index >= 15 is 0 Å². The molecule has 0 amide bonds. The number of halogens is 1. The molecule has 2 bridgehead atoms. The molecule has 0 radical (unpaired) electrons. The first-order chi connectivity index (χ1) is 12.7. The minimum atomic E-state index is -3.50. The number of fused-ring (bicyclic) bond motifs is 2. The lowest BCUT2D eigenvalue weighted by atomic mass is 9.70. The first-order valence-electron chi connectivity index (χ1n) is 9.67. The highest BCUT2D eigenvalue weighted by molar-refractivity contribution is 7.89. The van der Waals surface area contributed by atoms with E-state index in [1.807, 2.05) is 0 Å². The monoisotopic (exact) mass is 394 g/mol. The maximum absolute atomic E-state index is 13.2. The van der Waals surface area contributed by atoms with E-state index in [1.54, 1.807) is 12.1 Å². The Hall–Kier alpha value is -1.47. The molecule has 4 rings (SSSR count). The molecule has 5 nitrogen and oxygen atoms in total. The van der Waals surface area contributed by atoms with Crippen LogP contribution in [-0.2, 0) is 14.8 Å². The largest absolute Gasteiger partial charge is 0.369 e. The van der Waals surface area contributed by atoms with Crippen molar-refractivity contribution in [2.75, 3.05) is 36.8 Å². The van der Waals surface area contributed by atoms with Crippen molar-refractivity contribution < 1.29 is 17.6 Å². The van der Waals surface area contributed by atoms with Gasteiger partial charge in [-0.05, 0) is 48.4 Å². The highest BCUT2D eigenvalue weighted by Crippen LogP contribution is 2.64. The fraction of sp³-hybridized carbons (Fsp3) is 0.650. The van der Waals surface area contributed by atoms with E-state index in [1.165, 1.54) is 16.4 Å². The van der Waals surface area contributed by atoms with Gasteiger partial charge in [0.25, 0.3) is 0 Å². The van der Waals surface area contributed by atoms with Crippen molar-refractivity contribution in [2.24, 2.45) is 16.7 Å². The summed E-state index contributed by atoms with van der Waals surface area (Å²) in [5.74, 6) is 0.115. The van der Waals surface area contributed by atoms with Crippen LogP contribution in [0.25, 0.3) is 0 Å². The Labute approximate surface area is 160 Å². The first kappa shape index (κ1) is 18.9. The van der Waals surface area contributed by atoms with Gasteiger partial charge in [-0.3, -0.25) is 4.79 Å². The minimum absolute atomic E-state index is 0.0567. The molecule has 3 fully saturated rings. The van der Waals surface area contributed by atoms with Crippen molar-refractivity contribution >= 4 is 21.5 Å². The van der Waals surface area contributed by atoms with Crippen LogP contribution >= 0.6 is 0 Å². The number of hydrogen-bond donors (Lipinski definition) is 0. The zero-order valence-corrected chi connectivity index (χ0v) is 16.8. The van der Waals surface area contributed by atoms with Crippen molar-refractivity contribution in [3.63, 3.8) is 0 Å². The molecule has 2 saturated carbocycles. The molecule has 0 N–H and O–H groups in total. The van der Waals surface area contributed by atoms with Gasteiger partial charge in [-0.15, -0.1) is 0 Å². The number of benzene rings is 1. The number of piperazine rings is 1. The van der Waals surface area contributed by atoms with Crippen LogP contribution in [0.15, 0.2) is 24.3 Å². The van der Waals surface area contributed by atoms with E-state index in [-0.39, 0.29) is 22.8 Å². The van der Waals surface area contributed by atoms with Crippen molar-refractivity contribution in [3.05, 3.63) is 30.1 Å². The number of sulfonamides is 1. The van der Waals surface area contributed by atoms with Gasteiger partial charge >= 0.3 is 0 Å². The molecule has 7 heteroatoms. The number of nitrogens with zero attached hydrogens (tertiary/aromatic N) is 2. The smallest absolute Gasteiger partial charge is 0.215 e. The van der Waals surface area contributed by atoms with Crippen LogP contribution in [0.2, 0.25) is 0 Å². The van der Waals surface area contributed by atoms with E-state index in [4.69, 9.17) is 0 Å². The standard InChI is InChI=1S/C20H27FN2O3S/c1-19(2)15-7-8-20(19,18(24)13-15)14-27(25,26)23-11-9-22(10-12-23)17-5-3-16(21)4-6-17/h3-6,15H,7-14H2,1-2H3/t15-,20-/m0/s1. The predicted octanol–water partition coefficient (Wildman–Crippen LogP) is 2.67. The van der Waals surface area contributed by atoms with E-state index in [0.29, 0.717) is 44.9 Å². The van der Waals surface area contributed by atoms with Crippen molar-refractivity contribution in [2.45, 2.75) is 33.1 Å². The third kappa shape index (κ3) is 2.90. The van der Waals surface area contributed by atoms with Crippen LogP contribution in [0.5, 0.6) is 0 Å². The fourth-order valence-corrected chi connectivity index (χ4v) is 7.59. The van der Waals surface area contributed by atoms with Gasteiger partial charge in [-0.1, -0.05) is 13.8 Å². The molecule has 27 heavy (non-hydrogen) atoms. The second kappa shape index (κ2) is 6.27. The zero-order valence-electron chi connectivity index (χ0n) is 15.9. The summed E-state index contributed by atoms with van der Waals surface area (Å²) in [5, 5.41) is 0. The average Bonchev–Trinajstić information content (AvgIpc) is 2.96. The maximum atomic E-state index is 13.2. The quantitative estimate of drug-likeness (QED) is 0.788. The third-order valence-electron chi connectivity index (χ3n) is 7.39. The summed E-state index contributed by atoms with van der Waals surface area (Å²) < 4.78 is 40.9. The number of carbonyl (C=O) groups excluding carboxylic acids is 1. The summed E-state index contributed by atoms with van der Waals surface area (Å²) in [6.07, 6.45) is 2.17. The number of hydrogen-bond acceptors (Lipinski definition) is 4. The molecule has 1 heterocycles. The summed E-state index contributed by atoms with van der Waals surface area (Å²) in [7, 11) is -3.50. The van der Waals surface area contributed by atoms with Crippen LogP contribution in [0.4, 0.5) is 10.1 Å². The van der Waals surface area contributed by atoms with Crippen molar-refractivity contribution in [3.8, 4) is 0 Å². The van der Waals surface area contributed by atoms with Crippen molar-refractivity contribution in [1.29, 1.82) is 0 Å². The normalized spacial score (nSPS) is 30.9. The Morgan fingerprint density at radius 2 is 1.74 bits per heavy atom. The molecular weight excluding hydrogens is 367 g/mol. The van der Waals surface area contributed by atoms with Crippen molar-refractivity contribution in [1.82, 2.24) is 4.31 Å². The molecule has 148 valence electrons. The van der Waals surface area contributed by atoms with Gasteiger partial charge in [0.2, 0.25) is 10.0 Å². The lowest BCUT2D eigenvalue weighted by Gasteiger charge is -2.40. The molecule has 2 aliphatic carbocycles. The lowest BCUT2D eigenvalue weighted by molar-refractivity contribution is -0.128. The van der Waals surface area contributed by atoms with Gasteiger partial charge in [0.05, 0.1) is 5.75 Å². The molecule has 1 aromatic carbocycles. The third-order valence-corrected chi connectivity index (χ3v) is 9.40. The Morgan fingerprint density at radius 1 is 1.11 bits per heavy atom. The molecule has 2 atom stereocenters. The SMILES string of the molecule is CC1(C)[C@H]2CC[C@]1(CS(=O)(=O)N1CCN(c3ccc(F)cc3)CC1)C(=O)C2. The highest BCUT2D eigenvalue weighted by atomic mass is 32.2. The van der Waals surface area contributed by atoms with E-state index < -0.39 is 15.4 Å². The topological polar surface area (TPSA) is 57.7 Å². The lowest BCUT2D eigenvalue weighted by Crippen LogP contribution is -2.52. The Morgan fingerprint density at radius 3 is 2.26 bits per heavy atom. The second-order valence-electron chi connectivity index (χ2n) is 8.79. The minimum Gasteiger partial charge on any atom is -0.369 e. The summed E-state index contributed by atoms with van der Waals surface area (Å²) in [6, 6.07) is 6.28. The summed E-state index contributed by atoms with van der Waals surface area (Å²) in [4.78, 5) is 14.7. The number of rotatable bonds is 4. The Kier molecular flexibility index (Phi) is 4.38. The van der Waals surface area contributed by atoms with Gasteiger partial charge in [0, 0.05) is 43.7 Å². The first-order valence-corrected chi connectivity index (χ1v) is 11.3. The summed E-state index contributed by atoms with van der Waals surface area (Å²) in [6.45, 7) is 6.06. The van der Waals surface area contributed by atoms with Crippen LogP contribution < -0.4 is 4.90 Å². The summed E-state index contributed by atoms with van der Waals surface area (Å²) in [5.41, 5.74) is -0.0599. The van der Waals surface area contributed by atoms with Crippen LogP contribution in [0.3, 0.4) is 0 Å². The van der Waals surface area contributed by atoms with E-state index in [2.05, 4.69) is 18.7 Å². The van der Waals surface area contributed by atoms with Crippen LogP contribution in [0, 0.1) is 22.6 Å². The molecule has 1 saturated heterocycles. The molecule has 1 aliphatic heterocycles. The number of anilines is 1. The molecule has 0 spiro atoms. The molecule has 0 aromatic heterocycles. The average molecular weight is 395 g/mol. The van der Waals surface area contributed by atoms with Gasteiger partial charge in [0.1, 0.15) is 11.6 Å². The maximum Gasteiger partial charge on any atom is 0.215 e. The van der Waals surface area contributed by atoms with Gasteiger partial charge in [-0.25, -0.2) is 12.8 Å². The van der Waals surface area contributed by atoms with Gasteiger partial charge in [-0.2, -0.15) is 4.31 Å². The molecular formula is C20H27FN2O3S. The zero-order chi connectivity index (χ0) is 19.4. The van der Waals surface area contributed by atoms with Crippen LogP contribution in [-0.4, -0.2) is 50.4 Å².